The molecule has 0 aliphatic carbocycles. The first-order chi connectivity index (χ1) is 9.96. The number of rotatable bonds is 1. The maximum atomic E-state index is 4.75. The number of hydrogen-bond acceptors (Lipinski definition) is 3. The largest absolute Gasteiger partial charge is 0.217 e. The van der Waals surface area contributed by atoms with Crippen LogP contribution < -0.4 is 0 Å². The van der Waals surface area contributed by atoms with Gasteiger partial charge in [0.15, 0.2) is 5.82 Å². The lowest BCUT2D eigenvalue weighted by atomic mass is 9.93. The van der Waals surface area contributed by atoms with Crippen molar-refractivity contribution in [3.8, 4) is 11.4 Å². The molecular weight excluding hydrogens is 270 g/mol. The molecule has 0 unspecified atom stereocenters. The minimum Gasteiger partial charge on any atom is -0.217 e. The van der Waals surface area contributed by atoms with Crippen LogP contribution >= 0.6 is 0 Å². The lowest BCUT2D eigenvalue weighted by Crippen LogP contribution is -2.24. The first-order valence-electron chi connectivity index (χ1n) is 7.82. The molecule has 1 aromatic heterocycles. The van der Waals surface area contributed by atoms with Crippen molar-refractivity contribution in [2.75, 3.05) is 0 Å². The summed E-state index contributed by atoms with van der Waals surface area (Å²) in [6.45, 7) is 17.0. The average molecular weight is 297 g/mol. The molecule has 118 valence electrons. The molecule has 3 heteroatoms. The van der Waals surface area contributed by atoms with Gasteiger partial charge in [-0.3, -0.25) is 0 Å². The van der Waals surface area contributed by atoms with Crippen molar-refractivity contribution in [1.82, 2.24) is 15.0 Å². The highest BCUT2D eigenvalue weighted by Crippen LogP contribution is 2.27. The van der Waals surface area contributed by atoms with E-state index < -0.39 is 0 Å². The topological polar surface area (TPSA) is 38.7 Å². The van der Waals surface area contributed by atoms with Crippen LogP contribution in [0.2, 0.25) is 0 Å². The predicted molar refractivity (Wildman–Crippen MR) is 92.1 cm³/mol. The zero-order valence-corrected chi connectivity index (χ0v) is 15.1. The lowest BCUT2D eigenvalue weighted by molar-refractivity contribution is 0.497. The quantitative estimate of drug-likeness (QED) is 0.762. The van der Waals surface area contributed by atoms with Gasteiger partial charge in [0, 0.05) is 16.4 Å². The molecule has 1 aromatic carbocycles. The molecule has 0 atom stereocenters. The van der Waals surface area contributed by atoms with E-state index in [1.165, 1.54) is 11.1 Å². The third-order valence-corrected chi connectivity index (χ3v) is 3.46. The van der Waals surface area contributed by atoms with Crippen molar-refractivity contribution in [1.29, 1.82) is 0 Å². The fourth-order valence-electron chi connectivity index (χ4n) is 2.28. The molecule has 0 N–H and O–H groups in total. The Hall–Kier alpha value is -1.77. The van der Waals surface area contributed by atoms with Crippen LogP contribution in [-0.2, 0) is 10.8 Å². The minimum absolute atomic E-state index is 0.101. The maximum absolute atomic E-state index is 4.75. The van der Waals surface area contributed by atoms with Crippen molar-refractivity contribution < 1.29 is 0 Å². The van der Waals surface area contributed by atoms with Crippen LogP contribution in [0.5, 0.6) is 0 Å². The summed E-state index contributed by atoms with van der Waals surface area (Å²) in [4.78, 5) is 14.2. The SMILES string of the molecule is Cc1cc(C)cc(-c2nc(C(C)(C)C)nc(C(C)(C)C)n2)c1. The Bertz CT molecular complexity index is 636. The van der Waals surface area contributed by atoms with E-state index in [4.69, 9.17) is 15.0 Å². The second-order valence-electron chi connectivity index (χ2n) is 8.18. The lowest BCUT2D eigenvalue weighted by Gasteiger charge is -2.22. The Labute approximate surface area is 134 Å². The highest BCUT2D eigenvalue weighted by Gasteiger charge is 2.25. The van der Waals surface area contributed by atoms with Gasteiger partial charge in [0.1, 0.15) is 11.6 Å². The van der Waals surface area contributed by atoms with Gasteiger partial charge < -0.3 is 0 Å². The normalized spacial score (nSPS) is 12.5. The standard InChI is InChI=1S/C19H27N3/c1-12-9-13(2)11-14(10-12)15-20-16(18(3,4)5)22-17(21-15)19(6,7)8/h9-11H,1-8H3. The predicted octanol–water partition coefficient (Wildman–Crippen LogP) is 4.75. The van der Waals surface area contributed by atoms with Crippen molar-refractivity contribution in [3.05, 3.63) is 41.0 Å². The Morgan fingerprint density at radius 3 is 1.41 bits per heavy atom. The van der Waals surface area contributed by atoms with Gasteiger partial charge in [-0.2, -0.15) is 0 Å². The van der Waals surface area contributed by atoms with Crippen LogP contribution in [-0.4, -0.2) is 15.0 Å². The van der Waals surface area contributed by atoms with Crippen molar-refractivity contribution >= 4 is 0 Å². The summed E-state index contributed by atoms with van der Waals surface area (Å²) in [5.74, 6) is 2.47. The first-order valence-corrected chi connectivity index (χ1v) is 7.82. The van der Waals surface area contributed by atoms with Gasteiger partial charge in [-0.1, -0.05) is 58.7 Å². The summed E-state index contributed by atoms with van der Waals surface area (Å²) in [6, 6.07) is 6.45. The monoisotopic (exact) mass is 297 g/mol. The molecule has 0 saturated carbocycles. The molecular formula is C19H27N3. The number of aryl methyl sites for hydroxylation is 2. The zero-order chi connectivity index (χ0) is 16.7. The van der Waals surface area contributed by atoms with Gasteiger partial charge >= 0.3 is 0 Å². The number of nitrogens with zero attached hydrogens (tertiary/aromatic N) is 3. The third-order valence-electron chi connectivity index (χ3n) is 3.46. The molecule has 0 radical (unpaired) electrons. The number of aromatic nitrogens is 3. The van der Waals surface area contributed by atoms with Crippen molar-refractivity contribution in [2.45, 2.75) is 66.2 Å². The maximum Gasteiger partial charge on any atom is 0.163 e. The van der Waals surface area contributed by atoms with E-state index in [1.807, 2.05) is 0 Å². The average Bonchev–Trinajstić information content (AvgIpc) is 2.35. The van der Waals surface area contributed by atoms with Gasteiger partial charge in [0.05, 0.1) is 0 Å². The molecule has 0 aliphatic rings. The number of hydrogen-bond donors (Lipinski definition) is 0. The van der Waals surface area contributed by atoms with E-state index in [-0.39, 0.29) is 10.8 Å². The van der Waals surface area contributed by atoms with E-state index >= 15 is 0 Å². The van der Waals surface area contributed by atoms with E-state index in [1.54, 1.807) is 0 Å². The highest BCUT2D eigenvalue weighted by atomic mass is 15.0. The van der Waals surface area contributed by atoms with Crippen LogP contribution in [0.1, 0.15) is 64.3 Å². The molecule has 2 aromatic rings. The van der Waals surface area contributed by atoms with Crippen LogP contribution in [0.3, 0.4) is 0 Å². The molecule has 3 nitrogen and oxygen atoms in total. The van der Waals surface area contributed by atoms with Gasteiger partial charge in [0.2, 0.25) is 0 Å². The Morgan fingerprint density at radius 2 is 1.05 bits per heavy atom. The van der Waals surface area contributed by atoms with Crippen LogP contribution in [0, 0.1) is 13.8 Å². The molecule has 22 heavy (non-hydrogen) atoms. The summed E-state index contributed by atoms with van der Waals surface area (Å²) in [7, 11) is 0. The van der Waals surface area contributed by atoms with Crippen LogP contribution in [0.15, 0.2) is 18.2 Å². The molecule has 0 fully saturated rings. The summed E-state index contributed by atoms with van der Waals surface area (Å²) < 4.78 is 0. The van der Waals surface area contributed by atoms with E-state index in [9.17, 15) is 0 Å². The molecule has 0 amide bonds. The molecule has 0 bridgehead atoms. The molecule has 1 heterocycles. The highest BCUT2D eigenvalue weighted by molar-refractivity contribution is 5.57. The summed E-state index contributed by atoms with van der Waals surface area (Å²) in [5, 5.41) is 0. The fraction of sp³-hybridized carbons (Fsp3) is 0.526. The van der Waals surface area contributed by atoms with E-state index in [2.05, 4.69) is 73.6 Å². The fourth-order valence-corrected chi connectivity index (χ4v) is 2.28. The zero-order valence-electron chi connectivity index (χ0n) is 15.1. The van der Waals surface area contributed by atoms with Gasteiger partial charge in [0.25, 0.3) is 0 Å². The minimum atomic E-state index is -0.101. The first kappa shape index (κ1) is 16.6. The summed E-state index contributed by atoms with van der Waals surface area (Å²) in [5.41, 5.74) is 3.32. The van der Waals surface area contributed by atoms with Crippen LogP contribution in [0.4, 0.5) is 0 Å². The van der Waals surface area contributed by atoms with Crippen LogP contribution in [0.25, 0.3) is 11.4 Å². The number of benzene rings is 1. The molecule has 0 spiro atoms. The Balaban J connectivity index is 2.70. The van der Waals surface area contributed by atoms with Gasteiger partial charge in [-0.05, 0) is 26.0 Å². The second-order valence-corrected chi connectivity index (χ2v) is 8.18. The smallest absolute Gasteiger partial charge is 0.163 e. The van der Waals surface area contributed by atoms with Gasteiger partial charge in [-0.15, -0.1) is 0 Å². The van der Waals surface area contributed by atoms with E-state index in [0.717, 1.165) is 23.0 Å². The van der Waals surface area contributed by atoms with Crippen molar-refractivity contribution in [3.63, 3.8) is 0 Å². The second kappa shape index (κ2) is 5.45. The summed E-state index contributed by atoms with van der Waals surface area (Å²) >= 11 is 0. The molecule has 0 aliphatic heterocycles. The summed E-state index contributed by atoms with van der Waals surface area (Å²) in [6.07, 6.45) is 0. The molecule has 0 saturated heterocycles. The third kappa shape index (κ3) is 3.70. The van der Waals surface area contributed by atoms with E-state index in [0.29, 0.717) is 0 Å². The molecule has 2 rings (SSSR count). The van der Waals surface area contributed by atoms with Crippen molar-refractivity contribution in [2.24, 2.45) is 0 Å². The van der Waals surface area contributed by atoms with Gasteiger partial charge in [-0.25, -0.2) is 15.0 Å². The Morgan fingerprint density at radius 1 is 0.636 bits per heavy atom. The Kier molecular flexibility index (Phi) is 4.12.